The molecule has 0 amide bonds. The molecule has 0 aliphatic carbocycles. The highest BCUT2D eigenvalue weighted by molar-refractivity contribution is 5.84. The molecule has 1 unspecified atom stereocenters. The van der Waals surface area contributed by atoms with Gasteiger partial charge in [0, 0.05) is 20.1 Å². The van der Waals surface area contributed by atoms with E-state index >= 15 is 0 Å². The predicted octanol–water partition coefficient (Wildman–Crippen LogP) is 1.78. The van der Waals surface area contributed by atoms with Gasteiger partial charge in [-0.15, -0.1) is 0 Å². The Morgan fingerprint density at radius 3 is 2.88 bits per heavy atom. The largest absolute Gasteiger partial charge is 0.356 e. The van der Waals surface area contributed by atoms with E-state index in [1.165, 1.54) is 12.8 Å². The highest BCUT2D eigenvalue weighted by Crippen LogP contribution is 2.26. The summed E-state index contributed by atoms with van der Waals surface area (Å²) in [4.78, 5) is 13.4. The number of aldehydes is 1. The summed E-state index contributed by atoms with van der Waals surface area (Å²) in [6.07, 6.45) is 3.41. The predicted molar refractivity (Wildman–Crippen MR) is 63.9 cm³/mol. The van der Waals surface area contributed by atoms with E-state index in [1.807, 2.05) is 18.7 Å². The van der Waals surface area contributed by atoms with Gasteiger partial charge < -0.3 is 4.90 Å². The monoisotopic (exact) mass is 221 g/mol. The van der Waals surface area contributed by atoms with Crippen molar-refractivity contribution in [2.45, 2.75) is 26.7 Å². The maximum atomic E-state index is 11.1. The van der Waals surface area contributed by atoms with Crippen LogP contribution in [-0.2, 0) is 7.05 Å². The van der Waals surface area contributed by atoms with Crippen LogP contribution in [0.5, 0.6) is 0 Å². The molecule has 1 saturated heterocycles. The van der Waals surface area contributed by atoms with Crippen LogP contribution in [0, 0.1) is 12.8 Å². The van der Waals surface area contributed by atoms with Crippen LogP contribution in [0.25, 0.3) is 0 Å². The summed E-state index contributed by atoms with van der Waals surface area (Å²) >= 11 is 0. The lowest BCUT2D eigenvalue weighted by molar-refractivity contribution is 0.112. The van der Waals surface area contributed by atoms with Crippen molar-refractivity contribution in [3.63, 3.8) is 0 Å². The fourth-order valence-corrected chi connectivity index (χ4v) is 2.56. The molecule has 1 aliphatic heterocycles. The zero-order valence-corrected chi connectivity index (χ0v) is 10.2. The molecule has 4 heteroatoms. The normalized spacial score (nSPS) is 21.2. The second-order valence-corrected chi connectivity index (χ2v) is 4.76. The molecule has 88 valence electrons. The van der Waals surface area contributed by atoms with E-state index in [0.717, 1.165) is 36.5 Å². The Balaban J connectivity index is 2.34. The average Bonchev–Trinajstić information content (AvgIpc) is 2.52. The van der Waals surface area contributed by atoms with Crippen LogP contribution in [0.2, 0.25) is 0 Å². The Morgan fingerprint density at radius 2 is 2.25 bits per heavy atom. The van der Waals surface area contributed by atoms with Crippen molar-refractivity contribution >= 4 is 12.1 Å². The summed E-state index contributed by atoms with van der Waals surface area (Å²) in [6, 6.07) is 0. The molecule has 0 N–H and O–H groups in total. The molecule has 1 aliphatic rings. The fraction of sp³-hybridized carbons (Fsp3) is 0.667. The summed E-state index contributed by atoms with van der Waals surface area (Å²) in [5.74, 6) is 1.68. The Hall–Kier alpha value is -1.32. The molecule has 1 aromatic heterocycles. The Kier molecular flexibility index (Phi) is 2.99. The molecule has 0 bridgehead atoms. The average molecular weight is 221 g/mol. The van der Waals surface area contributed by atoms with Gasteiger partial charge in [0.2, 0.25) is 0 Å². The number of hydrogen-bond acceptors (Lipinski definition) is 3. The number of rotatable bonds is 2. The third-order valence-corrected chi connectivity index (χ3v) is 3.31. The Labute approximate surface area is 96.2 Å². The van der Waals surface area contributed by atoms with Gasteiger partial charge in [-0.05, 0) is 25.7 Å². The van der Waals surface area contributed by atoms with E-state index in [1.54, 1.807) is 0 Å². The van der Waals surface area contributed by atoms with Gasteiger partial charge in [0.05, 0.1) is 11.3 Å². The minimum atomic E-state index is 0.698. The van der Waals surface area contributed by atoms with Crippen LogP contribution in [0.4, 0.5) is 5.82 Å². The Bertz CT molecular complexity index is 397. The SMILES string of the molecule is Cc1nn(C)c(N2CCCC(C)C2)c1C=O. The molecule has 0 radical (unpaired) electrons. The highest BCUT2D eigenvalue weighted by Gasteiger charge is 2.23. The van der Waals surface area contributed by atoms with E-state index < -0.39 is 0 Å². The lowest BCUT2D eigenvalue weighted by atomic mass is 10.00. The first-order chi connectivity index (χ1) is 7.63. The lowest BCUT2D eigenvalue weighted by Gasteiger charge is -2.32. The molecule has 0 aromatic carbocycles. The fourth-order valence-electron chi connectivity index (χ4n) is 2.56. The Morgan fingerprint density at radius 1 is 1.50 bits per heavy atom. The van der Waals surface area contributed by atoms with Gasteiger partial charge in [-0.25, -0.2) is 0 Å². The number of hydrogen-bond donors (Lipinski definition) is 0. The maximum Gasteiger partial charge on any atom is 0.155 e. The van der Waals surface area contributed by atoms with Crippen LogP contribution >= 0.6 is 0 Å². The molecule has 1 atom stereocenters. The second kappa shape index (κ2) is 4.28. The number of aryl methyl sites for hydroxylation is 2. The van der Waals surface area contributed by atoms with Gasteiger partial charge in [-0.1, -0.05) is 6.92 Å². The van der Waals surface area contributed by atoms with Gasteiger partial charge in [0.1, 0.15) is 5.82 Å². The number of carbonyl (C=O) groups is 1. The van der Waals surface area contributed by atoms with Crippen LogP contribution in [-0.4, -0.2) is 29.2 Å². The summed E-state index contributed by atoms with van der Waals surface area (Å²) in [5, 5.41) is 4.33. The third-order valence-electron chi connectivity index (χ3n) is 3.31. The highest BCUT2D eigenvalue weighted by atomic mass is 16.1. The van der Waals surface area contributed by atoms with Crippen molar-refractivity contribution in [3.8, 4) is 0 Å². The zero-order valence-electron chi connectivity index (χ0n) is 10.2. The van der Waals surface area contributed by atoms with Gasteiger partial charge in [0.25, 0.3) is 0 Å². The van der Waals surface area contributed by atoms with Gasteiger partial charge in [-0.2, -0.15) is 5.10 Å². The molecular formula is C12H19N3O. The summed E-state index contributed by atoms with van der Waals surface area (Å²) in [5.41, 5.74) is 1.57. The number of anilines is 1. The molecule has 1 aromatic rings. The van der Waals surface area contributed by atoms with Crippen molar-refractivity contribution in [2.75, 3.05) is 18.0 Å². The molecule has 0 saturated carbocycles. The van der Waals surface area contributed by atoms with Crippen LogP contribution in [0.15, 0.2) is 0 Å². The molecular weight excluding hydrogens is 202 g/mol. The van der Waals surface area contributed by atoms with Gasteiger partial charge in [-0.3, -0.25) is 9.48 Å². The minimum Gasteiger partial charge on any atom is -0.356 e. The molecule has 2 rings (SSSR count). The lowest BCUT2D eigenvalue weighted by Crippen LogP contribution is -2.36. The van der Waals surface area contributed by atoms with Crippen molar-refractivity contribution in [2.24, 2.45) is 13.0 Å². The van der Waals surface area contributed by atoms with Crippen LogP contribution in [0.3, 0.4) is 0 Å². The molecule has 1 fully saturated rings. The minimum absolute atomic E-state index is 0.698. The number of carbonyl (C=O) groups excluding carboxylic acids is 1. The van der Waals surface area contributed by atoms with Gasteiger partial charge >= 0.3 is 0 Å². The summed E-state index contributed by atoms with van der Waals surface area (Å²) in [6.45, 7) is 6.21. The van der Waals surface area contributed by atoms with E-state index in [-0.39, 0.29) is 0 Å². The van der Waals surface area contributed by atoms with Crippen molar-refractivity contribution < 1.29 is 4.79 Å². The first kappa shape index (κ1) is 11.2. The van der Waals surface area contributed by atoms with E-state index in [2.05, 4.69) is 16.9 Å². The molecule has 2 heterocycles. The zero-order chi connectivity index (χ0) is 11.7. The van der Waals surface area contributed by atoms with Crippen molar-refractivity contribution in [1.29, 1.82) is 0 Å². The summed E-state index contributed by atoms with van der Waals surface area (Å²) < 4.78 is 1.83. The van der Waals surface area contributed by atoms with E-state index in [9.17, 15) is 4.79 Å². The van der Waals surface area contributed by atoms with E-state index in [0.29, 0.717) is 5.92 Å². The number of aromatic nitrogens is 2. The molecule has 16 heavy (non-hydrogen) atoms. The van der Waals surface area contributed by atoms with Crippen LogP contribution < -0.4 is 4.90 Å². The second-order valence-electron chi connectivity index (χ2n) is 4.76. The third kappa shape index (κ3) is 1.84. The quantitative estimate of drug-likeness (QED) is 0.714. The standard InChI is InChI=1S/C12H19N3O/c1-9-5-4-6-15(7-9)12-11(8-16)10(2)13-14(12)3/h8-9H,4-7H2,1-3H3. The molecule has 4 nitrogen and oxygen atoms in total. The van der Waals surface area contributed by atoms with E-state index in [4.69, 9.17) is 0 Å². The first-order valence-corrected chi connectivity index (χ1v) is 5.87. The first-order valence-electron chi connectivity index (χ1n) is 5.87. The smallest absolute Gasteiger partial charge is 0.155 e. The molecule has 0 spiro atoms. The number of piperidine rings is 1. The van der Waals surface area contributed by atoms with Gasteiger partial charge in [0.15, 0.2) is 6.29 Å². The summed E-state index contributed by atoms with van der Waals surface area (Å²) in [7, 11) is 1.91. The maximum absolute atomic E-state index is 11.1. The number of nitrogens with zero attached hydrogens (tertiary/aromatic N) is 3. The van der Waals surface area contributed by atoms with Crippen molar-refractivity contribution in [3.05, 3.63) is 11.3 Å². The van der Waals surface area contributed by atoms with Crippen LogP contribution in [0.1, 0.15) is 35.8 Å². The van der Waals surface area contributed by atoms with Crippen molar-refractivity contribution in [1.82, 2.24) is 9.78 Å². The topological polar surface area (TPSA) is 38.1 Å².